The number of hydrogen-bond acceptors (Lipinski definition) is 6. The van der Waals surface area contributed by atoms with Gasteiger partial charge in [-0.15, -0.1) is 0 Å². The van der Waals surface area contributed by atoms with Gasteiger partial charge in [-0.25, -0.2) is 0 Å². The number of methoxy groups -OCH3 is 2. The molecule has 1 unspecified atom stereocenters. The van der Waals surface area contributed by atoms with Gasteiger partial charge < -0.3 is 19.0 Å². The summed E-state index contributed by atoms with van der Waals surface area (Å²) in [6, 6.07) is 18.7. The fourth-order valence-electron chi connectivity index (χ4n) is 4.65. The van der Waals surface area contributed by atoms with Gasteiger partial charge >= 0.3 is 0 Å². The van der Waals surface area contributed by atoms with Crippen LogP contribution < -0.4 is 14.4 Å². The number of ether oxygens (including phenoxy) is 2. The van der Waals surface area contributed by atoms with Crippen LogP contribution in [0.25, 0.3) is 11.0 Å². The van der Waals surface area contributed by atoms with Gasteiger partial charge in [0, 0.05) is 11.1 Å². The van der Waals surface area contributed by atoms with Crippen LogP contribution in [0.2, 0.25) is 0 Å². The maximum atomic E-state index is 13.9. The number of amides is 1. The average Bonchev–Trinajstić information content (AvgIpc) is 3.44. The number of para-hydroxylation sites is 1. The number of rotatable bonds is 6. The zero-order valence-corrected chi connectivity index (χ0v) is 20.4. The molecule has 0 saturated carbocycles. The fourth-order valence-corrected chi connectivity index (χ4v) is 4.65. The summed E-state index contributed by atoms with van der Waals surface area (Å²) in [5.41, 5.74) is 3.42. The van der Waals surface area contributed by atoms with E-state index in [1.54, 1.807) is 61.7 Å². The first-order valence-corrected chi connectivity index (χ1v) is 11.4. The second-order valence-electron chi connectivity index (χ2n) is 8.65. The van der Waals surface area contributed by atoms with Gasteiger partial charge in [-0.05, 0) is 60.9 Å². The van der Waals surface area contributed by atoms with Crippen LogP contribution in [0.1, 0.15) is 33.3 Å². The van der Waals surface area contributed by atoms with Crippen LogP contribution in [0.15, 0.2) is 82.5 Å². The molecule has 0 fully saturated rings. The molecule has 0 aliphatic carbocycles. The fraction of sp³-hybridized carbons (Fsp3) is 0.172. The van der Waals surface area contributed by atoms with Gasteiger partial charge in [0.05, 0.1) is 25.8 Å². The molecule has 1 amide bonds. The highest BCUT2D eigenvalue weighted by molar-refractivity contribution is 6.21. The molecule has 1 N–H and O–H groups in total. The summed E-state index contributed by atoms with van der Waals surface area (Å²) in [6.45, 7) is 3.85. The number of carbonyl (C=O) groups is 2. The lowest BCUT2D eigenvalue weighted by Crippen LogP contribution is -2.31. The number of aliphatic hydroxyl groups excluding tert-OH is 1. The summed E-state index contributed by atoms with van der Waals surface area (Å²) in [4.78, 5) is 28.8. The topological polar surface area (TPSA) is 89.2 Å². The standard InChI is InChI=1S/C29H25NO6/c1-16-8-5-12-21(17(16)2)30-25(18-9-6-11-20(14-18)34-3)24(27(32)29(30)33)26(31)23-15-19-10-7-13-22(35-4)28(19)36-23/h5-15,25,32H,1-4H3. The maximum Gasteiger partial charge on any atom is 0.294 e. The van der Waals surface area contributed by atoms with E-state index in [1.807, 2.05) is 26.0 Å². The van der Waals surface area contributed by atoms with Crippen LogP contribution in [0.4, 0.5) is 5.69 Å². The second-order valence-corrected chi connectivity index (χ2v) is 8.65. The number of furan rings is 1. The van der Waals surface area contributed by atoms with Crippen molar-refractivity contribution in [3.8, 4) is 11.5 Å². The number of ketones is 1. The molecule has 0 radical (unpaired) electrons. The Balaban J connectivity index is 1.70. The molecule has 36 heavy (non-hydrogen) atoms. The zero-order valence-electron chi connectivity index (χ0n) is 20.4. The van der Waals surface area contributed by atoms with Gasteiger partial charge in [0.1, 0.15) is 5.75 Å². The molecule has 1 aromatic heterocycles. The molecule has 2 heterocycles. The number of carbonyl (C=O) groups excluding carboxylic acids is 2. The number of anilines is 1. The lowest BCUT2D eigenvalue weighted by Gasteiger charge is -2.28. The highest BCUT2D eigenvalue weighted by Gasteiger charge is 2.46. The van der Waals surface area contributed by atoms with Gasteiger partial charge in [-0.1, -0.05) is 36.4 Å². The van der Waals surface area contributed by atoms with E-state index in [-0.39, 0.29) is 11.3 Å². The number of nitrogens with zero attached hydrogens (tertiary/aromatic N) is 1. The van der Waals surface area contributed by atoms with Gasteiger partial charge in [-0.3, -0.25) is 14.5 Å². The normalized spacial score (nSPS) is 15.6. The van der Waals surface area contributed by atoms with Crippen molar-refractivity contribution < 1.29 is 28.6 Å². The number of benzene rings is 3. The van der Waals surface area contributed by atoms with Crippen LogP contribution in [-0.2, 0) is 4.79 Å². The van der Waals surface area contributed by atoms with E-state index in [0.29, 0.717) is 33.7 Å². The van der Waals surface area contributed by atoms with Crippen molar-refractivity contribution in [2.45, 2.75) is 19.9 Å². The Kier molecular flexibility index (Phi) is 5.76. The molecule has 3 aromatic carbocycles. The SMILES string of the molecule is COc1cccc(C2C(C(=O)c3cc4cccc(OC)c4o3)=C(O)C(=O)N2c2cccc(C)c2C)c1. The number of aryl methyl sites for hydroxylation is 1. The van der Waals surface area contributed by atoms with Crippen molar-refractivity contribution in [1.29, 1.82) is 0 Å². The maximum absolute atomic E-state index is 13.9. The third kappa shape index (κ3) is 3.60. The van der Waals surface area contributed by atoms with Crippen LogP contribution in [0.3, 0.4) is 0 Å². The molecule has 7 heteroatoms. The van der Waals surface area contributed by atoms with Gasteiger partial charge in [0.25, 0.3) is 5.91 Å². The highest BCUT2D eigenvalue weighted by atomic mass is 16.5. The summed E-state index contributed by atoms with van der Waals surface area (Å²) in [6.07, 6.45) is 0. The van der Waals surface area contributed by atoms with Crippen LogP contribution >= 0.6 is 0 Å². The number of Topliss-reactive ketones (excluding diaryl/α,β-unsaturated/α-hetero) is 1. The smallest absolute Gasteiger partial charge is 0.294 e. The van der Waals surface area contributed by atoms with Gasteiger partial charge in [0.2, 0.25) is 5.78 Å². The van der Waals surface area contributed by atoms with E-state index in [0.717, 1.165) is 11.1 Å². The third-order valence-electron chi connectivity index (χ3n) is 6.65. The number of hydrogen-bond donors (Lipinski definition) is 1. The van der Waals surface area contributed by atoms with E-state index < -0.39 is 23.5 Å². The molecule has 7 nitrogen and oxygen atoms in total. The van der Waals surface area contributed by atoms with Crippen molar-refractivity contribution in [2.75, 3.05) is 19.1 Å². The lowest BCUT2D eigenvalue weighted by atomic mass is 9.94. The molecule has 4 aromatic rings. The zero-order chi connectivity index (χ0) is 25.6. The van der Waals surface area contributed by atoms with E-state index in [1.165, 1.54) is 12.0 Å². The quantitative estimate of drug-likeness (QED) is 0.346. The molecule has 5 rings (SSSR count). The second kappa shape index (κ2) is 8.92. The minimum Gasteiger partial charge on any atom is -0.503 e. The minimum atomic E-state index is -0.893. The Labute approximate surface area is 208 Å². The minimum absolute atomic E-state index is 0.000407. The summed E-state index contributed by atoms with van der Waals surface area (Å²) >= 11 is 0. The molecule has 0 saturated heterocycles. The van der Waals surface area contributed by atoms with Gasteiger partial charge in [-0.2, -0.15) is 0 Å². The lowest BCUT2D eigenvalue weighted by molar-refractivity contribution is -0.117. The first-order valence-electron chi connectivity index (χ1n) is 11.4. The summed E-state index contributed by atoms with van der Waals surface area (Å²) in [5.74, 6) is -0.810. The molecule has 1 aliphatic rings. The predicted molar refractivity (Wildman–Crippen MR) is 136 cm³/mol. The summed E-state index contributed by atoms with van der Waals surface area (Å²) < 4.78 is 16.6. The number of fused-ring (bicyclic) bond motifs is 1. The van der Waals surface area contributed by atoms with E-state index >= 15 is 0 Å². The molecule has 1 aliphatic heterocycles. The first-order chi connectivity index (χ1) is 17.3. The third-order valence-corrected chi connectivity index (χ3v) is 6.65. The van der Waals surface area contributed by atoms with E-state index in [2.05, 4.69) is 0 Å². The summed E-state index contributed by atoms with van der Waals surface area (Å²) in [7, 11) is 3.06. The summed E-state index contributed by atoms with van der Waals surface area (Å²) in [5, 5.41) is 11.8. The van der Waals surface area contributed by atoms with Gasteiger partial charge in [0.15, 0.2) is 22.9 Å². The molecule has 182 valence electrons. The monoisotopic (exact) mass is 483 g/mol. The Morgan fingerprint density at radius 1 is 0.972 bits per heavy atom. The van der Waals surface area contributed by atoms with Crippen LogP contribution in [-0.4, -0.2) is 31.0 Å². The molecule has 1 atom stereocenters. The molecule has 0 bridgehead atoms. The molecular weight excluding hydrogens is 458 g/mol. The van der Waals surface area contributed by atoms with Crippen LogP contribution in [0, 0.1) is 13.8 Å². The van der Waals surface area contributed by atoms with Crippen molar-refractivity contribution in [3.05, 3.63) is 101 Å². The Morgan fingerprint density at radius 3 is 2.47 bits per heavy atom. The molecular formula is C29H25NO6. The Bertz CT molecular complexity index is 1550. The van der Waals surface area contributed by atoms with E-state index in [9.17, 15) is 14.7 Å². The Hall–Kier alpha value is -4.52. The van der Waals surface area contributed by atoms with Crippen molar-refractivity contribution in [1.82, 2.24) is 0 Å². The Morgan fingerprint density at radius 2 is 1.72 bits per heavy atom. The highest BCUT2D eigenvalue weighted by Crippen LogP contribution is 2.44. The average molecular weight is 484 g/mol. The predicted octanol–water partition coefficient (Wildman–Crippen LogP) is 5.85. The van der Waals surface area contributed by atoms with Crippen molar-refractivity contribution in [2.24, 2.45) is 0 Å². The largest absolute Gasteiger partial charge is 0.503 e. The van der Waals surface area contributed by atoms with Crippen LogP contribution in [0.5, 0.6) is 11.5 Å². The first kappa shape index (κ1) is 23.2. The van der Waals surface area contributed by atoms with E-state index in [4.69, 9.17) is 13.9 Å². The van der Waals surface area contributed by atoms with Crippen molar-refractivity contribution >= 4 is 28.3 Å². The number of aliphatic hydroxyl groups is 1. The molecule has 0 spiro atoms. The van der Waals surface area contributed by atoms with Crippen molar-refractivity contribution in [3.63, 3.8) is 0 Å².